The van der Waals surface area contributed by atoms with Crippen molar-refractivity contribution in [2.75, 3.05) is 6.54 Å². The first-order chi connectivity index (χ1) is 14.4. The van der Waals surface area contributed by atoms with Crippen LogP contribution in [0.15, 0.2) is 52.7 Å². The molecule has 6 nitrogen and oxygen atoms in total. The van der Waals surface area contributed by atoms with Crippen molar-refractivity contribution >= 4 is 23.2 Å². The second kappa shape index (κ2) is 7.95. The Labute approximate surface area is 180 Å². The molecule has 1 aromatic heterocycles. The summed E-state index contributed by atoms with van der Waals surface area (Å²) in [6, 6.07) is 12.9. The monoisotopic (exact) mass is 422 g/mol. The van der Waals surface area contributed by atoms with Gasteiger partial charge in [0.1, 0.15) is 0 Å². The van der Waals surface area contributed by atoms with Crippen LogP contribution in [0.5, 0.6) is 0 Å². The van der Waals surface area contributed by atoms with Crippen molar-refractivity contribution in [3.63, 3.8) is 0 Å². The first kappa shape index (κ1) is 20.2. The number of benzene rings is 2. The second-order valence-corrected chi connectivity index (χ2v) is 7.84. The minimum absolute atomic E-state index is 0.139. The number of carbonyl (C=O) groups is 1. The van der Waals surface area contributed by atoms with Crippen LogP contribution in [0.2, 0.25) is 5.02 Å². The van der Waals surface area contributed by atoms with Crippen LogP contribution in [0, 0.1) is 13.8 Å². The molecule has 2 heterocycles. The van der Waals surface area contributed by atoms with E-state index in [-0.39, 0.29) is 12.1 Å². The topological polar surface area (TPSA) is 71.3 Å². The van der Waals surface area contributed by atoms with Crippen LogP contribution in [-0.2, 0) is 0 Å². The molecule has 0 spiro atoms. The smallest absolute Gasteiger partial charge is 0.322 e. The number of aromatic nitrogens is 2. The third-order valence-corrected chi connectivity index (χ3v) is 5.79. The number of halogens is 1. The summed E-state index contributed by atoms with van der Waals surface area (Å²) in [7, 11) is 0. The van der Waals surface area contributed by atoms with Gasteiger partial charge in [-0.15, -0.1) is 0 Å². The van der Waals surface area contributed by atoms with E-state index in [1.165, 1.54) is 5.56 Å². The van der Waals surface area contributed by atoms with Crippen molar-refractivity contribution in [2.45, 2.75) is 33.7 Å². The number of allylic oxidation sites excluding steroid dienone is 1. The molecular weight excluding hydrogens is 400 g/mol. The molecule has 0 bridgehead atoms. The highest BCUT2D eigenvalue weighted by molar-refractivity contribution is 6.30. The molecule has 1 aliphatic heterocycles. The van der Waals surface area contributed by atoms with Gasteiger partial charge in [-0.05, 0) is 68.7 Å². The Balaban J connectivity index is 1.82. The summed E-state index contributed by atoms with van der Waals surface area (Å²) in [5.41, 5.74) is 5.73. The molecule has 7 heteroatoms. The number of nitrogens with zero attached hydrogens (tertiary/aromatic N) is 3. The molecule has 0 radical (unpaired) electrons. The number of hydrogen-bond donors (Lipinski definition) is 1. The number of aryl methyl sites for hydroxylation is 2. The minimum atomic E-state index is -0.377. The SMILES string of the molecule is CCN1C(=O)NC(c2ccc(C)c(C)c2)C(c2nc(-c3ccc(Cl)cc3)no2)=C1C. The fourth-order valence-electron chi connectivity index (χ4n) is 3.68. The van der Waals surface area contributed by atoms with E-state index in [0.717, 1.165) is 28.0 Å². The van der Waals surface area contributed by atoms with Crippen molar-refractivity contribution in [3.8, 4) is 11.4 Å². The van der Waals surface area contributed by atoms with Gasteiger partial charge in [-0.2, -0.15) is 4.98 Å². The number of carbonyl (C=O) groups excluding carboxylic acids is 1. The first-order valence-corrected chi connectivity index (χ1v) is 10.2. The quantitative estimate of drug-likeness (QED) is 0.600. The lowest BCUT2D eigenvalue weighted by Crippen LogP contribution is -2.45. The van der Waals surface area contributed by atoms with E-state index >= 15 is 0 Å². The Morgan fingerprint density at radius 3 is 2.50 bits per heavy atom. The molecule has 1 atom stereocenters. The zero-order valence-corrected chi connectivity index (χ0v) is 18.1. The molecule has 2 aromatic carbocycles. The highest BCUT2D eigenvalue weighted by atomic mass is 35.5. The van der Waals surface area contributed by atoms with Crippen LogP contribution >= 0.6 is 11.6 Å². The Morgan fingerprint density at radius 1 is 1.10 bits per heavy atom. The number of rotatable bonds is 4. The zero-order valence-electron chi connectivity index (χ0n) is 17.4. The zero-order chi connectivity index (χ0) is 21.4. The molecule has 1 unspecified atom stereocenters. The Morgan fingerprint density at radius 2 is 1.83 bits per heavy atom. The average Bonchev–Trinajstić information content (AvgIpc) is 3.20. The van der Waals surface area contributed by atoms with Crippen molar-refractivity contribution in [1.82, 2.24) is 20.4 Å². The summed E-state index contributed by atoms with van der Waals surface area (Å²) in [5, 5.41) is 7.90. The standard InChI is InChI=1S/C23H23ClN4O2/c1-5-28-15(4)19(20(25-23(28)29)17-7-6-13(2)14(3)12-17)22-26-21(27-30-22)16-8-10-18(24)11-9-16/h6-12,20H,5H2,1-4H3,(H,25,29). The second-order valence-electron chi connectivity index (χ2n) is 7.40. The van der Waals surface area contributed by atoms with Gasteiger partial charge >= 0.3 is 6.03 Å². The van der Waals surface area contributed by atoms with E-state index in [4.69, 9.17) is 16.1 Å². The van der Waals surface area contributed by atoms with Gasteiger partial charge in [0.25, 0.3) is 5.89 Å². The van der Waals surface area contributed by atoms with E-state index in [9.17, 15) is 4.79 Å². The Bertz CT molecular complexity index is 1130. The molecule has 0 aliphatic carbocycles. The van der Waals surface area contributed by atoms with Gasteiger partial charge in [0.15, 0.2) is 0 Å². The Hall–Kier alpha value is -3.12. The summed E-state index contributed by atoms with van der Waals surface area (Å²) in [6.07, 6.45) is 0. The molecular formula is C23H23ClN4O2. The normalized spacial score (nSPS) is 16.8. The van der Waals surface area contributed by atoms with Crippen molar-refractivity contribution in [3.05, 3.63) is 75.8 Å². The average molecular weight is 423 g/mol. The summed E-state index contributed by atoms with van der Waals surface area (Å²) < 4.78 is 5.66. The van der Waals surface area contributed by atoms with Gasteiger partial charge in [-0.1, -0.05) is 35.0 Å². The third-order valence-electron chi connectivity index (χ3n) is 5.54. The number of nitrogens with one attached hydrogen (secondary N) is 1. The van der Waals surface area contributed by atoms with Gasteiger partial charge < -0.3 is 9.84 Å². The van der Waals surface area contributed by atoms with Crippen LogP contribution in [0.4, 0.5) is 4.79 Å². The van der Waals surface area contributed by atoms with Crippen molar-refractivity contribution < 1.29 is 9.32 Å². The molecule has 2 amide bonds. The van der Waals surface area contributed by atoms with E-state index < -0.39 is 0 Å². The molecule has 4 rings (SSSR count). The molecule has 0 saturated carbocycles. The van der Waals surface area contributed by atoms with Gasteiger partial charge in [-0.25, -0.2) is 4.79 Å². The molecule has 154 valence electrons. The maximum atomic E-state index is 12.7. The number of urea groups is 1. The predicted molar refractivity (Wildman–Crippen MR) is 117 cm³/mol. The molecule has 3 aromatic rings. The van der Waals surface area contributed by atoms with E-state index in [0.29, 0.717) is 23.3 Å². The molecule has 0 saturated heterocycles. The third kappa shape index (κ3) is 3.59. The van der Waals surface area contributed by atoms with Crippen LogP contribution in [0.3, 0.4) is 0 Å². The lowest BCUT2D eigenvalue weighted by atomic mass is 9.92. The highest BCUT2D eigenvalue weighted by Gasteiger charge is 2.35. The summed E-state index contributed by atoms with van der Waals surface area (Å²) in [5.74, 6) is 0.861. The van der Waals surface area contributed by atoms with E-state index in [1.807, 2.05) is 32.0 Å². The number of hydrogen-bond acceptors (Lipinski definition) is 4. The number of amides is 2. The Kier molecular flexibility index (Phi) is 5.35. The van der Waals surface area contributed by atoms with Gasteiger partial charge in [0, 0.05) is 22.8 Å². The fourth-order valence-corrected chi connectivity index (χ4v) is 3.81. The van der Waals surface area contributed by atoms with Crippen LogP contribution < -0.4 is 5.32 Å². The maximum absolute atomic E-state index is 12.7. The van der Waals surface area contributed by atoms with E-state index in [2.05, 4.69) is 41.4 Å². The predicted octanol–water partition coefficient (Wildman–Crippen LogP) is 5.52. The first-order valence-electron chi connectivity index (χ1n) is 9.85. The molecule has 30 heavy (non-hydrogen) atoms. The highest BCUT2D eigenvalue weighted by Crippen LogP contribution is 2.37. The van der Waals surface area contributed by atoms with Crippen LogP contribution in [0.25, 0.3) is 17.0 Å². The maximum Gasteiger partial charge on any atom is 0.322 e. The lowest BCUT2D eigenvalue weighted by molar-refractivity contribution is 0.207. The minimum Gasteiger partial charge on any atom is -0.334 e. The van der Waals surface area contributed by atoms with E-state index in [1.54, 1.807) is 17.0 Å². The van der Waals surface area contributed by atoms with Crippen molar-refractivity contribution in [2.24, 2.45) is 0 Å². The van der Waals surface area contributed by atoms with Gasteiger partial charge in [0.05, 0.1) is 11.6 Å². The van der Waals surface area contributed by atoms with Gasteiger partial charge in [0.2, 0.25) is 5.82 Å². The summed E-state index contributed by atoms with van der Waals surface area (Å²) in [6.45, 7) is 8.51. The molecule has 1 aliphatic rings. The van der Waals surface area contributed by atoms with Crippen LogP contribution in [0.1, 0.15) is 42.5 Å². The lowest BCUT2D eigenvalue weighted by Gasteiger charge is -2.34. The fraction of sp³-hybridized carbons (Fsp3) is 0.261. The van der Waals surface area contributed by atoms with Crippen LogP contribution in [-0.4, -0.2) is 27.6 Å². The summed E-state index contributed by atoms with van der Waals surface area (Å²) >= 11 is 5.98. The largest absolute Gasteiger partial charge is 0.334 e. The summed E-state index contributed by atoms with van der Waals surface area (Å²) in [4.78, 5) is 19.0. The van der Waals surface area contributed by atoms with Gasteiger partial charge in [-0.3, -0.25) is 4.90 Å². The molecule has 1 N–H and O–H groups in total. The van der Waals surface area contributed by atoms with Crippen molar-refractivity contribution in [1.29, 1.82) is 0 Å². The molecule has 0 fully saturated rings.